The van der Waals surface area contributed by atoms with Crippen molar-refractivity contribution in [1.29, 1.82) is 0 Å². The average molecular weight is 313 g/mol. The molecular formula is C15H21BrO2. The predicted molar refractivity (Wildman–Crippen MR) is 77.3 cm³/mol. The second-order valence-corrected chi connectivity index (χ2v) is 5.98. The zero-order valence-corrected chi connectivity index (χ0v) is 12.7. The first-order valence-electron chi connectivity index (χ1n) is 6.68. The lowest BCUT2D eigenvalue weighted by atomic mass is 9.93. The number of methoxy groups -OCH3 is 1. The van der Waals surface area contributed by atoms with Crippen LogP contribution in [0.5, 0.6) is 5.75 Å². The summed E-state index contributed by atoms with van der Waals surface area (Å²) in [6, 6.07) is 2.20. The molecule has 1 aromatic rings. The Bertz CT molecular complexity index is 427. The molecule has 2 rings (SSSR count). The molecule has 3 heteroatoms. The van der Waals surface area contributed by atoms with Crippen molar-refractivity contribution in [1.82, 2.24) is 0 Å². The van der Waals surface area contributed by atoms with Gasteiger partial charge >= 0.3 is 0 Å². The molecule has 0 saturated carbocycles. The normalized spacial score (nSPS) is 16.9. The van der Waals surface area contributed by atoms with Gasteiger partial charge in [0, 0.05) is 12.0 Å². The van der Waals surface area contributed by atoms with Gasteiger partial charge in [-0.3, -0.25) is 0 Å². The van der Waals surface area contributed by atoms with E-state index in [2.05, 4.69) is 22.0 Å². The van der Waals surface area contributed by atoms with Crippen LogP contribution in [0.1, 0.15) is 42.9 Å². The van der Waals surface area contributed by atoms with Gasteiger partial charge in [-0.1, -0.05) is 6.42 Å². The predicted octanol–water partition coefficient (Wildman–Crippen LogP) is 3.65. The Morgan fingerprint density at radius 1 is 1.33 bits per heavy atom. The largest absolute Gasteiger partial charge is 0.495 e. The molecule has 0 heterocycles. The smallest absolute Gasteiger partial charge is 0.136 e. The van der Waals surface area contributed by atoms with Crippen molar-refractivity contribution in [2.45, 2.75) is 51.6 Å². The molecule has 0 bridgehead atoms. The highest BCUT2D eigenvalue weighted by Gasteiger charge is 2.20. The van der Waals surface area contributed by atoms with E-state index in [1.807, 2.05) is 6.92 Å². The van der Waals surface area contributed by atoms with E-state index in [1.165, 1.54) is 36.0 Å². The zero-order chi connectivity index (χ0) is 13.1. The molecular weight excluding hydrogens is 292 g/mol. The zero-order valence-electron chi connectivity index (χ0n) is 11.1. The lowest BCUT2D eigenvalue weighted by Gasteiger charge is -2.19. The van der Waals surface area contributed by atoms with Gasteiger partial charge < -0.3 is 9.84 Å². The molecule has 1 atom stereocenters. The van der Waals surface area contributed by atoms with E-state index < -0.39 is 0 Å². The van der Waals surface area contributed by atoms with Crippen LogP contribution in [0.15, 0.2) is 10.5 Å². The maximum Gasteiger partial charge on any atom is 0.136 e. The Labute approximate surface area is 117 Å². The molecule has 0 amide bonds. The molecule has 0 fully saturated rings. The molecule has 1 aliphatic carbocycles. The van der Waals surface area contributed by atoms with Crippen LogP contribution in [0.25, 0.3) is 0 Å². The maximum absolute atomic E-state index is 9.72. The Kier molecular flexibility index (Phi) is 4.68. The van der Waals surface area contributed by atoms with E-state index in [0.717, 1.165) is 23.1 Å². The monoisotopic (exact) mass is 312 g/mol. The third kappa shape index (κ3) is 2.89. The van der Waals surface area contributed by atoms with Gasteiger partial charge in [0.05, 0.1) is 17.7 Å². The van der Waals surface area contributed by atoms with E-state index in [4.69, 9.17) is 4.74 Å². The Morgan fingerprint density at radius 2 is 2.06 bits per heavy atom. The van der Waals surface area contributed by atoms with Crippen LogP contribution < -0.4 is 4.74 Å². The summed E-state index contributed by atoms with van der Waals surface area (Å²) in [7, 11) is 1.70. The molecule has 0 aliphatic heterocycles. The van der Waals surface area contributed by atoms with Crippen LogP contribution in [-0.2, 0) is 19.3 Å². The molecule has 1 aliphatic rings. The summed E-state index contributed by atoms with van der Waals surface area (Å²) >= 11 is 3.60. The topological polar surface area (TPSA) is 29.5 Å². The Hall–Kier alpha value is -0.540. The molecule has 0 aromatic heterocycles. The van der Waals surface area contributed by atoms with Gasteiger partial charge in [0.2, 0.25) is 0 Å². The summed E-state index contributed by atoms with van der Waals surface area (Å²) in [5, 5.41) is 9.72. The second kappa shape index (κ2) is 6.07. The standard InChI is InChI=1S/C15H21BrO2/c1-10(17)8-13-12-7-5-3-4-6-11(12)9-14(16)15(13)18-2/h9-10,17H,3-8H2,1-2H3. The van der Waals surface area contributed by atoms with Gasteiger partial charge in [-0.05, 0) is 65.7 Å². The summed E-state index contributed by atoms with van der Waals surface area (Å²) in [6.07, 6.45) is 6.39. The third-order valence-electron chi connectivity index (χ3n) is 3.62. The van der Waals surface area contributed by atoms with Crippen molar-refractivity contribution in [2.24, 2.45) is 0 Å². The van der Waals surface area contributed by atoms with E-state index >= 15 is 0 Å². The first kappa shape index (κ1) is 13.9. The van der Waals surface area contributed by atoms with E-state index in [0.29, 0.717) is 6.42 Å². The molecule has 18 heavy (non-hydrogen) atoms. The van der Waals surface area contributed by atoms with Crippen molar-refractivity contribution in [2.75, 3.05) is 7.11 Å². The number of halogens is 1. The minimum absolute atomic E-state index is 0.333. The fraction of sp³-hybridized carbons (Fsp3) is 0.600. The summed E-state index contributed by atoms with van der Waals surface area (Å²) in [6.45, 7) is 1.84. The Balaban J connectivity index is 2.53. The lowest BCUT2D eigenvalue weighted by Crippen LogP contribution is -2.10. The van der Waals surface area contributed by atoms with Crippen molar-refractivity contribution in [3.8, 4) is 5.75 Å². The van der Waals surface area contributed by atoms with Gasteiger partial charge in [-0.15, -0.1) is 0 Å². The first-order valence-corrected chi connectivity index (χ1v) is 7.48. The molecule has 1 unspecified atom stereocenters. The van der Waals surface area contributed by atoms with E-state index in [1.54, 1.807) is 7.11 Å². The number of hydrogen-bond acceptors (Lipinski definition) is 2. The number of fused-ring (bicyclic) bond motifs is 1. The van der Waals surface area contributed by atoms with Crippen LogP contribution in [0.2, 0.25) is 0 Å². The fourth-order valence-corrected chi connectivity index (χ4v) is 3.52. The van der Waals surface area contributed by atoms with Crippen LogP contribution >= 0.6 is 15.9 Å². The van der Waals surface area contributed by atoms with Gasteiger partial charge in [0.15, 0.2) is 0 Å². The van der Waals surface area contributed by atoms with Crippen molar-refractivity contribution < 1.29 is 9.84 Å². The van der Waals surface area contributed by atoms with Crippen molar-refractivity contribution in [3.05, 3.63) is 27.2 Å². The minimum atomic E-state index is -0.333. The number of aryl methyl sites for hydroxylation is 1. The van der Waals surface area contributed by atoms with Gasteiger partial charge in [0.1, 0.15) is 5.75 Å². The van der Waals surface area contributed by atoms with E-state index in [9.17, 15) is 5.11 Å². The SMILES string of the molecule is COc1c(Br)cc2c(c1CC(C)O)CCCCC2. The highest BCUT2D eigenvalue weighted by atomic mass is 79.9. The third-order valence-corrected chi connectivity index (χ3v) is 4.21. The minimum Gasteiger partial charge on any atom is -0.495 e. The number of hydrogen-bond donors (Lipinski definition) is 1. The van der Waals surface area contributed by atoms with Crippen molar-refractivity contribution >= 4 is 15.9 Å². The summed E-state index contributed by atoms with van der Waals surface area (Å²) < 4.78 is 6.54. The quantitative estimate of drug-likeness (QED) is 0.863. The fourth-order valence-electron chi connectivity index (χ4n) is 2.84. The highest BCUT2D eigenvalue weighted by Crippen LogP contribution is 2.37. The molecule has 0 radical (unpaired) electrons. The maximum atomic E-state index is 9.72. The number of aliphatic hydroxyl groups is 1. The number of aliphatic hydroxyl groups excluding tert-OH is 1. The molecule has 0 saturated heterocycles. The second-order valence-electron chi connectivity index (χ2n) is 5.12. The van der Waals surface area contributed by atoms with Crippen molar-refractivity contribution in [3.63, 3.8) is 0 Å². The van der Waals surface area contributed by atoms with Crippen LogP contribution in [0.4, 0.5) is 0 Å². The molecule has 1 N–H and O–H groups in total. The van der Waals surface area contributed by atoms with E-state index in [-0.39, 0.29) is 6.10 Å². The van der Waals surface area contributed by atoms with Gasteiger partial charge in [-0.25, -0.2) is 0 Å². The van der Waals surface area contributed by atoms with Crippen LogP contribution in [0, 0.1) is 0 Å². The molecule has 2 nitrogen and oxygen atoms in total. The number of rotatable bonds is 3. The molecule has 100 valence electrons. The van der Waals surface area contributed by atoms with Gasteiger partial charge in [-0.2, -0.15) is 0 Å². The lowest BCUT2D eigenvalue weighted by molar-refractivity contribution is 0.193. The Morgan fingerprint density at radius 3 is 2.72 bits per heavy atom. The number of benzene rings is 1. The molecule has 1 aromatic carbocycles. The van der Waals surface area contributed by atoms with Crippen LogP contribution in [-0.4, -0.2) is 18.3 Å². The average Bonchev–Trinajstić information content (AvgIpc) is 2.53. The molecule has 0 spiro atoms. The van der Waals surface area contributed by atoms with Crippen LogP contribution in [0.3, 0.4) is 0 Å². The number of ether oxygens (including phenoxy) is 1. The van der Waals surface area contributed by atoms with Gasteiger partial charge in [0.25, 0.3) is 0 Å². The summed E-state index contributed by atoms with van der Waals surface area (Å²) in [5.74, 6) is 0.900. The summed E-state index contributed by atoms with van der Waals surface area (Å²) in [4.78, 5) is 0. The summed E-state index contributed by atoms with van der Waals surface area (Å²) in [5.41, 5.74) is 4.03. The first-order chi connectivity index (χ1) is 8.63. The highest BCUT2D eigenvalue weighted by molar-refractivity contribution is 9.10.